The number of aromatic nitrogens is 2. The third-order valence-corrected chi connectivity index (χ3v) is 7.23. The van der Waals surface area contributed by atoms with Gasteiger partial charge in [0.1, 0.15) is 0 Å². The Hall–Kier alpha value is -3.33. The number of halogens is 1. The fourth-order valence-corrected chi connectivity index (χ4v) is 5.33. The zero-order valence-corrected chi connectivity index (χ0v) is 18.4. The topological polar surface area (TPSA) is 101 Å². The number of hydrogen-bond acceptors (Lipinski definition) is 6. The molecule has 1 aliphatic heterocycles. The van der Waals surface area contributed by atoms with E-state index in [1.54, 1.807) is 36.4 Å². The molecule has 2 aromatic carbocycles. The number of benzene rings is 2. The average Bonchev–Trinajstić information content (AvgIpc) is 3.13. The number of amides is 1. The van der Waals surface area contributed by atoms with Gasteiger partial charge >= 0.3 is 0 Å². The van der Waals surface area contributed by atoms with E-state index in [4.69, 9.17) is 0 Å². The highest BCUT2D eigenvalue weighted by Gasteiger charge is 2.19. The molecule has 0 saturated carbocycles. The molecular formula is C23H23FN4O3S. The normalized spacial score (nSPS) is 13.0. The summed E-state index contributed by atoms with van der Waals surface area (Å²) in [4.78, 5) is 20.1. The standard InChI is InChI=1S/C23H23FN4O3S/c1-2-11-32(30,31)21-6-4-3-5-15(21)7-9-20-18(24)14-25-23(28-20)26-17-8-10-19-16(12-17)13-22(29)27-19/h3-6,8,10,12,14H,2,7,9,11,13H2,1H3,(H,27,29)(H,25,26,28). The van der Waals surface area contributed by atoms with Crippen molar-refractivity contribution in [1.82, 2.24) is 9.97 Å². The molecule has 32 heavy (non-hydrogen) atoms. The Morgan fingerprint density at radius 3 is 2.78 bits per heavy atom. The lowest BCUT2D eigenvalue weighted by molar-refractivity contribution is -0.115. The second-order valence-electron chi connectivity index (χ2n) is 7.64. The molecule has 0 saturated heterocycles. The van der Waals surface area contributed by atoms with Gasteiger partial charge < -0.3 is 10.6 Å². The van der Waals surface area contributed by atoms with E-state index in [9.17, 15) is 17.6 Å². The van der Waals surface area contributed by atoms with Crippen LogP contribution in [0.2, 0.25) is 0 Å². The largest absolute Gasteiger partial charge is 0.326 e. The van der Waals surface area contributed by atoms with E-state index < -0.39 is 15.7 Å². The number of sulfone groups is 1. The molecule has 9 heteroatoms. The van der Waals surface area contributed by atoms with Crippen LogP contribution < -0.4 is 10.6 Å². The molecule has 0 aliphatic carbocycles. The third-order valence-electron chi connectivity index (χ3n) is 5.21. The lowest BCUT2D eigenvalue weighted by Gasteiger charge is -2.11. The van der Waals surface area contributed by atoms with Crippen LogP contribution in [0.4, 0.5) is 21.7 Å². The number of anilines is 3. The van der Waals surface area contributed by atoms with Crippen LogP contribution in [0.25, 0.3) is 0 Å². The van der Waals surface area contributed by atoms with Gasteiger partial charge in [0.25, 0.3) is 0 Å². The molecule has 7 nitrogen and oxygen atoms in total. The van der Waals surface area contributed by atoms with E-state index in [0.29, 0.717) is 30.5 Å². The summed E-state index contributed by atoms with van der Waals surface area (Å²) in [5.41, 5.74) is 3.17. The second kappa shape index (κ2) is 9.04. The van der Waals surface area contributed by atoms with Gasteiger partial charge in [0, 0.05) is 11.4 Å². The lowest BCUT2D eigenvalue weighted by atomic mass is 10.1. The predicted molar refractivity (Wildman–Crippen MR) is 120 cm³/mol. The van der Waals surface area contributed by atoms with Crippen LogP contribution in [0.5, 0.6) is 0 Å². The van der Waals surface area contributed by atoms with Crippen molar-refractivity contribution < 1.29 is 17.6 Å². The zero-order chi connectivity index (χ0) is 22.7. The Balaban J connectivity index is 1.51. The average molecular weight is 455 g/mol. The fourth-order valence-electron chi connectivity index (χ4n) is 3.72. The van der Waals surface area contributed by atoms with Crippen LogP contribution >= 0.6 is 0 Å². The van der Waals surface area contributed by atoms with Crippen molar-refractivity contribution in [3.63, 3.8) is 0 Å². The van der Waals surface area contributed by atoms with E-state index in [2.05, 4.69) is 20.6 Å². The molecule has 4 rings (SSSR count). The molecule has 3 aromatic rings. The van der Waals surface area contributed by atoms with Gasteiger partial charge in [0.15, 0.2) is 15.7 Å². The lowest BCUT2D eigenvalue weighted by Crippen LogP contribution is -2.10. The van der Waals surface area contributed by atoms with Crippen LogP contribution in [0, 0.1) is 5.82 Å². The molecule has 1 aliphatic rings. The van der Waals surface area contributed by atoms with Crippen molar-refractivity contribution >= 4 is 33.1 Å². The van der Waals surface area contributed by atoms with Crippen LogP contribution in [0.3, 0.4) is 0 Å². The van der Waals surface area contributed by atoms with E-state index >= 15 is 0 Å². The van der Waals surface area contributed by atoms with Crippen LogP contribution in [0.15, 0.2) is 53.6 Å². The van der Waals surface area contributed by atoms with Crippen molar-refractivity contribution in [1.29, 1.82) is 0 Å². The van der Waals surface area contributed by atoms with Crippen molar-refractivity contribution in [2.45, 2.75) is 37.5 Å². The number of nitrogens with zero attached hydrogens (tertiary/aromatic N) is 2. The van der Waals surface area contributed by atoms with Crippen molar-refractivity contribution in [3.8, 4) is 0 Å². The first-order valence-electron chi connectivity index (χ1n) is 10.4. The minimum atomic E-state index is -3.38. The number of carbonyl (C=O) groups excluding carboxylic acids is 1. The minimum Gasteiger partial charge on any atom is -0.326 e. The van der Waals surface area contributed by atoms with Crippen molar-refractivity contribution in [3.05, 3.63) is 71.3 Å². The summed E-state index contributed by atoms with van der Waals surface area (Å²) >= 11 is 0. The highest BCUT2D eigenvalue weighted by atomic mass is 32.2. The maximum atomic E-state index is 14.4. The molecule has 0 fully saturated rings. The van der Waals surface area contributed by atoms with Gasteiger partial charge in [0.2, 0.25) is 11.9 Å². The smallest absolute Gasteiger partial charge is 0.228 e. The molecule has 1 amide bonds. The van der Waals surface area contributed by atoms with Crippen molar-refractivity contribution in [2.24, 2.45) is 0 Å². The van der Waals surface area contributed by atoms with Gasteiger partial charge in [-0.05, 0) is 54.7 Å². The van der Waals surface area contributed by atoms with E-state index in [-0.39, 0.29) is 34.6 Å². The van der Waals surface area contributed by atoms with Crippen molar-refractivity contribution in [2.75, 3.05) is 16.4 Å². The van der Waals surface area contributed by atoms with Crippen LogP contribution in [0.1, 0.15) is 30.2 Å². The van der Waals surface area contributed by atoms with Gasteiger partial charge in [-0.1, -0.05) is 25.1 Å². The summed E-state index contributed by atoms with van der Waals surface area (Å²) in [5, 5.41) is 5.81. The van der Waals surface area contributed by atoms with Crippen LogP contribution in [-0.2, 0) is 33.9 Å². The predicted octanol–water partition coefficient (Wildman–Crippen LogP) is 3.82. The second-order valence-corrected chi connectivity index (χ2v) is 9.71. The third kappa shape index (κ3) is 4.77. The monoisotopic (exact) mass is 454 g/mol. The van der Waals surface area contributed by atoms with Gasteiger partial charge in [0.05, 0.1) is 29.0 Å². The number of fused-ring (bicyclic) bond motifs is 1. The molecule has 1 aromatic heterocycles. The summed E-state index contributed by atoms with van der Waals surface area (Å²) < 4.78 is 39.5. The maximum absolute atomic E-state index is 14.4. The Kier molecular flexibility index (Phi) is 6.18. The van der Waals surface area contributed by atoms with E-state index in [1.807, 2.05) is 13.0 Å². The SMILES string of the molecule is CCCS(=O)(=O)c1ccccc1CCc1nc(Nc2ccc3c(c2)CC(=O)N3)ncc1F. The first kappa shape index (κ1) is 21.9. The molecular weight excluding hydrogens is 431 g/mol. The molecule has 0 radical (unpaired) electrons. The Bertz CT molecular complexity index is 1280. The van der Waals surface area contributed by atoms with Gasteiger partial charge in [-0.3, -0.25) is 4.79 Å². The first-order valence-corrected chi connectivity index (χ1v) is 12.0. The molecule has 166 valence electrons. The minimum absolute atomic E-state index is 0.0568. The van der Waals surface area contributed by atoms with Crippen LogP contribution in [-0.4, -0.2) is 30.0 Å². The molecule has 0 bridgehead atoms. The Morgan fingerprint density at radius 2 is 1.97 bits per heavy atom. The molecule has 2 heterocycles. The Labute approximate surface area is 186 Å². The maximum Gasteiger partial charge on any atom is 0.228 e. The van der Waals surface area contributed by atoms with Gasteiger partial charge in [-0.2, -0.15) is 0 Å². The molecule has 2 N–H and O–H groups in total. The number of carbonyl (C=O) groups is 1. The first-order chi connectivity index (χ1) is 15.4. The zero-order valence-electron chi connectivity index (χ0n) is 17.6. The summed E-state index contributed by atoms with van der Waals surface area (Å²) in [5.74, 6) is -0.306. The quantitative estimate of drug-likeness (QED) is 0.537. The Morgan fingerprint density at radius 1 is 1.16 bits per heavy atom. The fraction of sp³-hybridized carbons (Fsp3) is 0.261. The van der Waals surface area contributed by atoms with Gasteiger partial charge in [-0.15, -0.1) is 0 Å². The number of nitrogens with one attached hydrogen (secondary N) is 2. The van der Waals surface area contributed by atoms with E-state index in [1.165, 1.54) is 0 Å². The van der Waals surface area contributed by atoms with E-state index in [0.717, 1.165) is 17.4 Å². The number of hydrogen-bond donors (Lipinski definition) is 2. The number of aryl methyl sites for hydroxylation is 2. The van der Waals surface area contributed by atoms with Gasteiger partial charge in [-0.25, -0.2) is 22.8 Å². The summed E-state index contributed by atoms with van der Waals surface area (Å²) in [6, 6.07) is 12.2. The summed E-state index contributed by atoms with van der Waals surface area (Å²) in [6.45, 7) is 1.82. The molecule has 0 unspecified atom stereocenters. The highest BCUT2D eigenvalue weighted by Crippen LogP contribution is 2.27. The summed E-state index contributed by atoms with van der Waals surface area (Å²) in [7, 11) is -3.38. The highest BCUT2D eigenvalue weighted by molar-refractivity contribution is 7.91. The number of rotatable bonds is 8. The molecule has 0 spiro atoms. The summed E-state index contributed by atoms with van der Waals surface area (Å²) in [6.07, 6.45) is 2.49. The molecule has 0 atom stereocenters.